The quantitative estimate of drug-likeness (QED) is 0.306. The van der Waals surface area contributed by atoms with Crippen LogP contribution in [0.3, 0.4) is 0 Å². The van der Waals surface area contributed by atoms with E-state index in [1.807, 2.05) is 0 Å². The zero-order valence-corrected chi connectivity index (χ0v) is 14.1. The van der Waals surface area contributed by atoms with E-state index in [1.165, 1.54) is 0 Å². The van der Waals surface area contributed by atoms with Crippen molar-refractivity contribution in [2.75, 3.05) is 13.1 Å². The van der Waals surface area contributed by atoms with Crippen LogP contribution >= 0.6 is 0 Å². The van der Waals surface area contributed by atoms with Gasteiger partial charge in [0.15, 0.2) is 0 Å². The van der Waals surface area contributed by atoms with Crippen LogP contribution in [0.25, 0.3) is 0 Å². The first kappa shape index (κ1) is 19.6. The monoisotopic (exact) mass is 340 g/mol. The van der Waals surface area contributed by atoms with Crippen molar-refractivity contribution in [2.45, 2.75) is 45.2 Å². The van der Waals surface area contributed by atoms with Gasteiger partial charge in [-0.2, -0.15) is 0 Å². The van der Waals surface area contributed by atoms with Crippen LogP contribution in [-0.4, -0.2) is 54.6 Å². The zero-order valence-electron chi connectivity index (χ0n) is 14.1. The molecule has 9 nitrogen and oxygen atoms in total. The number of ketones is 1. The lowest BCUT2D eigenvalue weighted by Crippen LogP contribution is -2.53. The van der Waals surface area contributed by atoms with Crippen molar-refractivity contribution in [1.29, 1.82) is 0 Å². The molecule has 1 rings (SSSR count). The second kappa shape index (κ2) is 8.42. The zero-order chi connectivity index (χ0) is 18.3. The fourth-order valence-electron chi connectivity index (χ4n) is 2.33. The van der Waals surface area contributed by atoms with Crippen molar-refractivity contribution in [1.82, 2.24) is 21.3 Å². The third-order valence-electron chi connectivity index (χ3n) is 3.39. The number of carbonyl (C=O) groups is 5. The van der Waals surface area contributed by atoms with E-state index in [2.05, 4.69) is 21.3 Å². The molecule has 1 unspecified atom stereocenters. The van der Waals surface area contributed by atoms with Crippen LogP contribution in [0.1, 0.15) is 33.6 Å². The van der Waals surface area contributed by atoms with Crippen molar-refractivity contribution in [3.8, 4) is 0 Å². The van der Waals surface area contributed by atoms with Gasteiger partial charge in [-0.05, 0) is 33.6 Å². The Kier molecular flexibility index (Phi) is 6.87. The number of hydrogen-bond acceptors (Lipinski definition) is 5. The molecule has 0 aliphatic carbocycles. The largest absolute Gasteiger partial charge is 0.356 e. The third-order valence-corrected chi connectivity index (χ3v) is 3.39. The molecule has 1 aliphatic rings. The summed E-state index contributed by atoms with van der Waals surface area (Å²) >= 11 is 0. The molecule has 134 valence electrons. The average Bonchev–Trinajstić information content (AvgIpc) is 2.87. The highest BCUT2D eigenvalue weighted by molar-refractivity contribution is 6.38. The fraction of sp³-hybridized carbons (Fsp3) is 0.667. The van der Waals surface area contributed by atoms with E-state index in [1.54, 1.807) is 20.8 Å². The van der Waals surface area contributed by atoms with Gasteiger partial charge in [-0.1, -0.05) is 0 Å². The van der Waals surface area contributed by atoms with E-state index in [0.717, 1.165) is 0 Å². The van der Waals surface area contributed by atoms with Gasteiger partial charge in [0.05, 0.1) is 12.6 Å². The lowest BCUT2D eigenvalue weighted by molar-refractivity contribution is -0.141. The third kappa shape index (κ3) is 6.35. The normalized spacial score (nSPS) is 18.3. The molecule has 1 saturated heterocycles. The van der Waals surface area contributed by atoms with Crippen LogP contribution in [-0.2, 0) is 24.0 Å². The Balaban J connectivity index is 2.80. The van der Waals surface area contributed by atoms with E-state index in [0.29, 0.717) is 19.4 Å². The van der Waals surface area contributed by atoms with Crippen molar-refractivity contribution >= 4 is 29.9 Å². The van der Waals surface area contributed by atoms with Gasteiger partial charge in [0, 0.05) is 18.0 Å². The second-order valence-corrected chi connectivity index (χ2v) is 6.70. The summed E-state index contributed by atoms with van der Waals surface area (Å²) < 4.78 is 0. The van der Waals surface area contributed by atoms with Crippen molar-refractivity contribution < 1.29 is 24.0 Å². The van der Waals surface area contributed by atoms with Gasteiger partial charge >= 0.3 is 0 Å². The number of rotatable bonds is 8. The van der Waals surface area contributed by atoms with Gasteiger partial charge in [0.1, 0.15) is 0 Å². The predicted molar refractivity (Wildman–Crippen MR) is 84.6 cm³/mol. The van der Waals surface area contributed by atoms with Gasteiger partial charge in [0.2, 0.25) is 24.0 Å². The number of nitrogens with one attached hydrogen (secondary N) is 4. The highest BCUT2D eigenvalue weighted by atomic mass is 16.2. The van der Waals surface area contributed by atoms with E-state index in [4.69, 9.17) is 0 Å². The molecule has 0 aromatic rings. The van der Waals surface area contributed by atoms with Crippen LogP contribution in [0.15, 0.2) is 0 Å². The highest BCUT2D eigenvalue weighted by Crippen LogP contribution is 2.17. The Morgan fingerprint density at radius 1 is 1.33 bits per heavy atom. The Labute approximate surface area is 140 Å². The van der Waals surface area contributed by atoms with Crippen molar-refractivity contribution in [3.05, 3.63) is 0 Å². The van der Waals surface area contributed by atoms with Crippen LogP contribution < -0.4 is 21.3 Å². The summed E-state index contributed by atoms with van der Waals surface area (Å²) in [5.74, 6) is -2.90. The maximum absolute atomic E-state index is 12.4. The molecule has 0 aromatic carbocycles. The predicted octanol–water partition coefficient (Wildman–Crippen LogP) is -1.77. The molecule has 24 heavy (non-hydrogen) atoms. The van der Waals surface area contributed by atoms with E-state index < -0.39 is 35.1 Å². The molecule has 0 spiro atoms. The first-order chi connectivity index (χ1) is 11.1. The Bertz CT molecular complexity index is 526. The number of carbonyl (C=O) groups excluding carboxylic acids is 5. The van der Waals surface area contributed by atoms with Crippen LogP contribution in [0.5, 0.6) is 0 Å². The first-order valence-corrected chi connectivity index (χ1v) is 7.74. The molecule has 9 heteroatoms. The van der Waals surface area contributed by atoms with Gasteiger partial charge in [0.25, 0.3) is 5.91 Å². The lowest BCUT2D eigenvalue weighted by atomic mass is 9.95. The standard InChI is InChI=1S/C15H24N4O5/c1-15(2,3)19-14(24)12(22)10(18-11(21)7-16-8-20)6-9-4-5-17-13(9)23/h8-10H,4-7H2,1-3H3,(H,16,20)(H,17,23)(H,18,21)(H,19,24)/t9-,10?/m0/s1. The Morgan fingerprint density at radius 3 is 2.50 bits per heavy atom. The molecule has 2 atom stereocenters. The number of Topliss-reactive ketones (excluding diaryl/α,β-unsaturated/α-hetero) is 1. The van der Waals surface area contributed by atoms with E-state index in [9.17, 15) is 24.0 Å². The van der Waals surface area contributed by atoms with Crippen LogP contribution in [0.4, 0.5) is 0 Å². The molecule has 0 bridgehead atoms. The molecular weight excluding hydrogens is 316 g/mol. The molecule has 1 fully saturated rings. The molecular formula is C15H24N4O5. The molecule has 4 N–H and O–H groups in total. The SMILES string of the molecule is CC(C)(C)NC(=O)C(=O)C(C[C@@H]1CCNC1=O)NC(=O)CNC=O. The summed E-state index contributed by atoms with van der Waals surface area (Å²) in [4.78, 5) is 58.1. The van der Waals surface area contributed by atoms with E-state index in [-0.39, 0.29) is 18.9 Å². The maximum atomic E-state index is 12.4. The summed E-state index contributed by atoms with van der Waals surface area (Å²) in [6.07, 6.45) is 0.925. The van der Waals surface area contributed by atoms with Crippen LogP contribution in [0, 0.1) is 5.92 Å². The second-order valence-electron chi connectivity index (χ2n) is 6.70. The summed E-state index contributed by atoms with van der Waals surface area (Å²) in [5, 5.41) is 9.78. The topological polar surface area (TPSA) is 133 Å². The molecule has 0 radical (unpaired) electrons. The smallest absolute Gasteiger partial charge is 0.290 e. The molecule has 1 heterocycles. The summed E-state index contributed by atoms with van der Waals surface area (Å²) in [6.45, 7) is 5.36. The maximum Gasteiger partial charge on any atom is 0.290 e. The van der Waals surface area contributed by atoms with Gasteiger partial charge in [-0.25, -0.2) is 0 Å². The fourth-order valence-corrected chi connectivity index (χ4v) is 2.33. The van der Waals surface area contributed by atoms with Gasteiger partial charge in [-0.3, -0.25) is 24.0 Å². The number of amides is 4. The van der Waals surface area contributed by atoms with Crippen molar-refractivity contribution in [2.24, 2.45) is 5.92 Å². The average molecular weight is 340 g/mol. The minimum Gasteiger partial charge on any atom is -0.356 e. The summed E-state index contributed by atoms with van der Waals surface area (Å²) in [7, 11) is 0. The minimum absolute atomic E-state index is 0.0368. The Hall–Kier alpha value is -2.45. The molecule has 4 amide bonds. The number of hydrogen-bond donors (Lipinski definition) is 4. The van der Waals surface area contributed by atoms with Crippen LogP contribution in [0.2, 0.25) is 0 Å². The summed E-state index contributed by atoms with van der Waals surface area (Å²) in [6, 6.07) is -1.12. The molecule has 0 saturated carbocycles. The summed E-state index contributed by atoms with van der Waals surface area (Å²) in [5.41, 5.74) is -0.606. The first-order valence-electron chi connectivity index (χ1n) is 7.74. The molecule has 0 aromatic heterocycles. The van der Waals surface area contributed by atoms with Gasteiger partial charge < -0.3 is 21.3 Å². The lowest BCUT2D eigenvalue weighted by Gasteiger charge is -2.23. The molecule has 1 aliphatic heterocycles. The van der Waals surface area contributed by atoms with Crippen molar-refractivity contribution in [3.63, 3.8) is 0 Å². The van der Waals surface area contributed by atoms with Gasteiger partial charge in [-0.15, -0.1) is 0 Å². The highest BCUT2D eigenvalue weighted by Gasteiger charge is 2.34. The minimum atomic E-state index is -1.12. The Morgan fingerprint density at radius 2 is 2.00 bits per heavy atom. The van der Waals surface area contributed by atoms with E-state index >= 15 is 0 Å².